The van der Waals surface area contributed by atoms with E-state index in [4.69, 9.17) is 5.73 Å². The number of primary amides is 1. The first-order chi connectivity index (χ1) is 14.7. The van der Waals surface area contributed by atoms with Crippen LogP contribution in [-0.4, -0.2) is 40.5 Å². The summed E-state index contributed by atoms with van der Waals surface area (Å²) in [5.41, 5.74) is 6.02. The van der Waals surface area contributed by atoms with Crippen LogP contribution in [0.1, 0.15) is 24.0 Å². The van der Waals surface area contributed by atoms with Crippen molar-refractivity contribution in [3.05, 3.63) is 71.3 Å². The molecular formula is C22H21F2N3O4. The van der Waals surface area contributed by atoms with Crippen molar-refractivity contribution in [1.29, 1.82) is 0 Å². The van der Waals surface area contributed by atoms with E-state index in [0.29, 0.717) is 11.6 Å². The number of hydrogen-bond acceptors (Lipinski definition) is 4. The number of halogens is 2. The first-order valence-electron chi connectivity index (χ1n) is 9.67. The molecule has 0 radical (unpaired) electrons. The first-order valence-corrected chi connectivity index (χ1v) is 9.67. The first kappa shape index (κ1) is 22.1. The molecule has 1 saturated heterocycles. The molecule has 0 aliphatic carbocycles. The van der Waals surface area contributed by atoms with E-state index < -0.39 is 41.3 Å². The summed E-state index contributed by atoms with van der Waals surface area (Å²) in [7, 11) is 0. The third kappa shape index (κ3) is 5.50. The zero-order chi connectivity index (χ0) is 22.5. The van der Waals surface area contributed by atoms with Crippen molar-refractivity contribution >= 4 is 23.5 Å². The number of nitrogens with zero attached hydrogens (tertiary/aromatic N) is 1. The fourth-order valence-electron chi connectivity index (χ4n) is 3.60. The number of nitrogens with one attached hydrogen (secondary N) is 1. The molecule has 1 fully saturated rings. The summed E-state index contributed by atoms with van der Waals surface area (Å²) < 4.78 is 27.0. The summed E-state index contributed by atoms with van der Waals surface area (Å²) in [4.78, 5) is 50.1. The molecule has 3 rings (SSSR count). The molecule has 2 unspecified atom stereocenters. The Balaban J connectivity index is 1.77. The summed E-state index contributed by atoms with van der Waals surface area (Å²) in [5, 5.41) is 2.52. The molecule has 1 aliphatic heterocycles. The van der Waals surface area contributed by atoms with Gasteiger partial charge in [0.2, 0.25) is 17.6 Å². The number of nitrogens with two attached hydrogens (primary N) is 1. The van der Waals surface area contributed by atoms with E-state index >= 15 is 0 Å². The van der Waals surface area contributed by atoms with Gasteiger partial charge in [-0.05, 0) is 29.7 Å². The second-order valence-corrected chi connectivity index (χ2v) is 7.33. The lowest BCUT2D eigenvalue weighted by Gasteiger charge is -2.26. The van der Waals surface area contributed by atoms with Gasteiger partial charge in [-0.25, -0.2) is 8.78 Å². The third-order valence-corrected chi connectivity index (χ3v) is 5.06. The van der Waals surface area contributed by atoms with E-state index in [9.17, 15) is 28.0 Å². The lowest BCUT2D eigenvalue weighted by Crippen LogP contribution is -2.53. The molecule has 31 heavy (non-hydrogen) atoms. The number of rotatable bonds is 8. The smallest absolute Gasteiger partial charge is 0.287 e. The summed E-state index contributed by atoms with van der Waals surface area (Å²) >= 11 is 0. The number of carbonyl (C=O) groups excluding carboxylic acids is 4. The number of ketones is 1. The molecule has 2 aromatic carbocycles. The summed E-state index contributed by atoms with van der Waals surface area (Å²) in [6, 6.07) is 9.48. The molecule has 2 aromatic rings. The lowest BCUT2D eigenvalue weighted by atomic mass is 10.0. The molecular weight excluding hydrogens is 408 g/mol. The molecule has 162 valence electrons. The summed E-state index contributed by atoms with van der Waals surface area (Å²) in [6.45, 7) is -0.168. The highest BCUT2D eigenvalue weighted by molar-refractivity contribution is 6.37. The van der Waals surface area contributed by atoms with E-state index in [2.05, 4.69) is 5.32 Å². The zero-order valence-electron chi connectivity index (χ0n) is 16.5. The van der Waals surface area contributed by atoms with E-state index in [1.54, 1.807) is 30.3 Å². The minimum atomic E-state index is -1.20. The molecule has 1 heterocycles. The number of Topliss-reactive ketones (excluding diaryl/α,β-unsaturated/α-hetero) is 1. The molecule has 3 amide bonds. The maximum Gasteiger partial charge on any atom is 0.287 e. The largest absolute Gasteiger partial charge is 0.363 e. The Labute approximate surface area is 177 Å². The van der Waals surface area contributed by atoms with Gasteiger partial charge in [0, 0.05) is 25.5 Å². The number of benzene rings is 2. The van der Waals surface area contributed by atoms with E-state index in [-0.39, 0.29) is 37.3 Å². The number of hydrogen-bond donors (Lipinski definition) is 2. The lowest BCUT2D eigenvalue weighted by molar-refractivity contribution is -0.140. The van der Waals surface area contributed by atoms with Crippen molar-refractivity contribution in [2.24, 2.45) is 5.73 Å². The maximum absolute atomic E-state index is 13.5. The van der Waals surface area contributed by atoms with Gasteiger partial charge in [0.15, 0.2) is 0 Å². The van der Waals surface area contributed by atoms with Crippen molar-refractivity contribution in [3.63, 3.8) is 0 Å². The summed E-state index contributed by atoms with van der Waals surface area (Å²) in [6.07, 6.45) is 0.290. The van der Waals surface area contributed by atoms with Gasteiger partial charge in [-0.2, -0.15) is 0 Å². The van der Waals surface area contributed by atoms with E-state index in [1.165, 1.54) is 4.90 Å². The van der Waals surface area contributed by atoms with Crippen LogP contribution >= 0.6 is 0 Å². The molecule has 3 N–H and O–H groups in total. The Kier molecular flexibility index (Phi) is 6.74. The van der Waals surface area contributed by atoms with Gasteiger partial charge in [-0.15, -0.1) is 0 Å². The SMILES string of the molecule is NC(=O)C(=O)C(Cc1ccccc1)NC(=O)C1CCC(=O)N1Cc1cc(F)cc(F)c1. The van der Waals surface area contributed by atoms with Crippen LogP contribution in [0.4, 0.5) is 8.78 Å². The number of amides is 3. The monoisotopic (exact) mass is 429 g/mol. The predicted molar refractivity (Wildman–Crippen MR) is 106 cm³/mol. The van der Waals surface area contributed by atoms with Crippen LogP contribution in [0.5, 0.6) is 0 Å². The van der Waals surface area contributed by atoms with Gasteiger partial charge in [0.25, 0.3) is 5.91 Å². The van der Waals surface area contributed by atoms with Gasteiger partial charge in [-0.3, -0.25) is 19.2 Å². The standard InChI is InChI=1S/C22H21F2N3O4/c23-15-8-14(9-16(24)11-15)12-27-18(6-7-19(27)28)22(31)26-17(20(29)21(25)30)10-13-4-2-1-3-5-13/h1-5,8-9,11,17-18H,6-7,10,12H2,(H2,25,30)(H,26,31). The fraction of sp³-hybridized carbons (Fsp3) is 0.273. The van der Waals surface area contributed by atoms with E-state index in [0.717, 1.165) is 12.1 Å². The van der Waals surface area contributed by atoms with Crippen LogP contribution in [0, 0.1) is 11.6 Å². The van der Waals surface area contributed by atoms with Crippen LogP contribution in [-0.2, 0) is 32.1 Å². The molecule has 0 saturated carbocycles. The quantitative estimate of drug-likeness (QED) is 0.615. The average Bonchev–Trinajstić information content (AvgIpc) is 3.07. The summed E-state index contributed by atoms with van der Waals surface area (Å²) in [5.74, 6) is -4.73. The van der Waals surface area contributed by atoms with Crippen molar-refractivity contribution in [2.75, 3.05) is 0 Å². The molecule has 0 aromatic heterocycles. The average molecular weight is 429 g/mol. The van der Waals surface area contributed by atoms with Crippen LogP contribution < -0.4 is 11.1 Å². The predicted octanol–water partition coefficient (Wildman–Crippen LogP) is 1.24. The third-order valence-electron chi connectivity index (χ3n) is 5.06. The molecule has 9 heteroatoms. The normalized spacial score (nSPS) is 16.8. The van der Waals surface area contributed by atoms with Crippen molar-refractivity contribution in [2.45, 2.75) is 37.9 Å². The fourth-order valence-corrected chi connectivity index (χ4v) is 3.60. The van der Waals surface area contributed by atoms with Crippen LogP contribution in [0.3, 0.4) is 0 Å². The topological polar surface area (TPSA) is 110 Å². The second kappa shape index (κ2) is 9.46. The molecule has 0 bridgehead atoms. The number of carbonyl (C=O) groups is 4. The highest BCUT2D eigenvalue weighted by Crippen LogP contribution is 2.23. The van der Waals surface area contributed by atoms with Crippen molar-refractivity contribution < 1.29 is 28.0 Å². The van der Waals surface area contributed by atoms with Crippen LogP contribution in [0.25, 0.3) is 0 Å². The highest BCUT2D eigenvalue weighted by atomic mass is 19.1. The van der Waals surface area contributed by atoms with E-state index in [1.807, 2.05) is 0 Å². The van der Waals surface area contributed by atoms with Crippen LogP contribution in [0.15, 0.2) is 48.5 Å². The number of likely N-dealkylation sites (tertiary alicyclic amines) is 1. The minimum Gasteiger partial charge on any atom is -0.363 e. The van der Waals surface area contributed by atoms with Gasteiger partial charge in [0.1, 0.15) is 23.7 Å². The van der Waals surface area contributed by atoms with Gasteiger partial charge in [0.05, 0.1) is 0 Å². The second-order valence-electron chi connectivity index (χ2n) is 7.33. The Morgan fingerprint density at radius 1 is 1.06 bits per heavy atom. The van der Waals surface area contributed by atoms with Crippen molar-refractivity contribution in [1.82, 2.24) is 10.2 Å². The van der Waals surface area contributed by atoms with Crippen molar-refractivity contribution in [3.8, 4) is 0 Å². The molecule has 2 atom stereocenters. The Morgan fingerprint density at radius 3 is 2.32 bits per heavy atom. The van der Waals surface area contributed by atoms with Gasteiger partial charge < -0.3 is 16.0 Å². The molecule has 7 nitrogen and oxygen atoms in total. The van der Waals surface area contributed by atoms with Gasteiger partial charge >= 0.3 is 0 Å². The van der Waals surface area contributed by atoms with Crippen LogP contribution in [0.2, 0.25) is 0 Å². The Hall–Kier alpha value is -3.62. The highest BCUT2D eigenvalue weighted by Gasteiger charge is 2.38. The maximum atomic E-state index is 13.5. The molecule has 0 spiro atoms. The Morgan fingerprint density at radius 2 is 1.71 bits per heavy atom. The molecule has 1 aliphatic rings. The zero-order valence-corrected chi connectivity index (χ0v) is 16.5. The Bertz CT molecular complexity index is 993. The van der Waals surface area contributed by atoms with Gasteiger partial charge in [-0.1, -0.05) is 30.3 Å². The minimum absolute atomic E-state index is 0.0458.